The Morgan fingerprint density at radius 1 is 1.02 bits per heavy atom. The molecule has 14 heteroatoms. The zero-order valence-electron chi connectivity index (χ0n) is 25.6. The first-order valence-electron chi connectivity index (χ1n) is 15.6. The number of carbonyl (C=O) groups is 3. The maximum absolute atomic E-state index is 14.1. The van der Waals surface area contributed by atoms with Crippen LogP contribution in [0.1, 0.15) is 33.9 Å². The molecule has 2 N–H and O–H groups in total. The molecule has 3 heterocycles. The van der Waals surface area contributed by atoms with Gasteiger partial charge in [0.2, 0.25) is 11.8 Å². The van der Waals surface area contributed by atoms with Gasteiger partial charge in [-0.1, -0.05) is 52.8 Å². The third kappa shape index (κ3) is 5.28. The maximum atomic E-state index is 14.1. The molecule has 1 aromatic heterocycles. The number of carbonyl (C=O) groups excluding carboxylic acids is 3. The van der Waals surface area contributed by atoms with E-state index in [4.69, 9.17) is 16.3 Å². The topological polar surface area (TPSA) is 109 Å². The Balaban J connectivity index is 1.15. The van der Waals surface area contributed by atoms with Gasteiger partial charge in [0.15, 0.2) is 6.61 Å². The van der Waals surface area contributed by atoms with Crippen molar-refractivity contribution in [3.8, 4) is 5.75 Å². The fraction of sp³-hybridized carbons (Fsp3) is 0.314. The van der Waals surface area contributed by atoms with Gasteiger partial charge in [-0.3, -0.25) is 19.2 Å². The number of imide groups is 1. The Morgan fingerprint density at radius 3 is 2.47 bits per heavy atom. The second kappa shape index (κ2) is 11.8. The molecular formula is C35H27ClF3N3O5S2. The van der Waals surface area contributed by atoms with E-state index in [2.05, 4.69) is 10.3 Å². The number of H-pyrrole nitrogens is 1. The number of amides is 3. The number of alkyl halides is 3. The highest BCUT2D eigenvalue weighted by Gasteiger charge is 2.70. The zero-order valence-corrected chi connectivity index (χ0v) is 28.0. The number of benzene rings is 3. The van der Waals surface area contributed by atoms with Crippen LogP contribution in [0.15, 0.2) is 76.6 Å². The standard InChI is InChI=1S/C35H27ClF3N3O5S2/c1-15-6-9-17(10-7-15)40-24(43)14-47-23-11-8-16(36)12-18(23)25-26-19-13-20(29(26)48-31-30(25)49-34(46)41-31)28-27(19)32(44)42(33(28)45)22-5-3-2-4-21(22)35(37,38)39/h2-12,19-20,25-29H,13-14H2,1H3,(H,40,43)(H,41,46)/t19?,20?,25-,26?,27?,28?,29?/m1/s1. The highest BCUT2D eigenvalue weighted by molar-refractivity contribution is 8.00. The number of fused-ring (bicyclic) bond motifs is 9. The van der Waals surface area contributed by atoms with Crippen LogP contribution in [0.25, 0.3) is 0 Å². The van der Waals surface area contributed by atoms with Crippen LogP contribution in [0, 0.1) is 36.5 Å². The molecule has 2 bridgehead atoms. The average molecular weight is 726 g/mol. The largest absolute Gasteiger partial charge is 0.483 e. The number of hydrogen-bond acceptors (Lipinski definition) is 7. The lowest BCUT2D eigenvalue weighted by molar-refractivity contribution is -0.137. The summed E-state index contributed by atoms with van der Waals surface area (Å²) in [6, 6.07) is 17.0. The number of ether oxygens (including phenoxy) is 1. The van der Waals surface area contributed by atoms with Crippen molar-refractivity contribution in [3.05, 3.63) is 103 Å². The fourth-order valence-electron chi connectivity index (χ4n) is 8.38. The number of thioether (sulfide) groups is 1. The van der Waals surface area contributed by atoms with Gasteiger partial charge in [-0.15, -0.1) is 11.8 Å². The van der Waals surface area contributed by atoms with Gasteiger partial charge in [0.05, 0.1) is 28.1 Å². The van der Waals surface area contributed by atoms with Crippen LogP contribution < -0.4 is 19.8 Å². The van der Waals surface area contributed by atoms with E-state index in [1.807, 2.05) is 19.1 Å². The van der Waals surface area contributed by atoms with Crippen molar-refractivity contribution < 1.29 is 32.3 Å². The lowest BCUT2D eigenvalue weighted by Gasteiger charge is -2.43. The molecule has 49 heavy (non-hydrogen) atoms. The Labute approximate surface area is 291 Å². The minimum absolute atomic E-state index is 0.222. The number of para-hydroxylation sites is 1. The van der Waals surface area contributed by atoms with Crippen LogP contribution in [-0.4, -0.2) is 34.6 Å². The van der Waals surface area contributed by atoms with E-state index in [1.54, 1.807) is 30.3 Å². The molecule has 4 aromatic rings. The van der Waals surface area contributed by atoms with Gasteiger partial charge in [-0.2, -0.15) is 13.2 Å². The monoisotopic (exact) mass is 725 g/mol. The summed E-state index contributed by atoms with van der Waals surface area (Å²) in [5.74, 6) is -4.29. The minimum Gasteiger partial charge on any atom is -0.483 e. The Bertz CT molecular complexity index is 2080. The summed E-state index contributed by atoms with van der Waals surface area (Å²) in [5.41, 5.74) is 0.792. The quantitative estimate of drug-likeness (QED) is 0.205. The smallest absolute Gasteiger partial charge is 0.418 e. The van der Waals surface area contributed by atoms with Crippen LogP contribution in [0.4, 0.5) is 24.5 Å². The summed E-state index contributed by atoms with van der Waals surface area (Å²) in [6.07, 6.45) is -4.22. The Morgan fingerprint density at radius 2 is 1.73 bits per heavy atom. The molecule has 3 aromatic carbocycles. The minimum atomic E-state index is -4.76. The second-order valence-electron chi connectivity index (χ2n) is 12.9. The highest BCUT2D eigenvalue weighted by Crippen LogP contribution is 2.69. The average Bonchev–Trinajstić information content (AvgIpc) is 3.80. The third-order valence-corrected chi connectivity index (χ3v) is 13.0. The molecule has 1 saturated heterocycles. The number of nitrogens with zero attached hydrogens (tertiary/aromatic N) is 1. The van der Waals surface area contributed by atoms with Crippen molar-refractivity contribution in [2.45, 2.75) is 35.7 Å². The molecular weight excluding hydrogens is 699 g/mol. The molecule has 2 aliphatic carbocycles. The number of rotatable bonds is 6. The van der Waals surface area contributed by atoms with E-state index in [1.165, 1.54) is 30.0 Å². The lowest BCUT2D eigenvalue weighted by atomic mass is 9.68. The van der Waals surface area contributed by atoms with Gasteiger partial charge >= 0.3 is 11.0 Å². The summed E-state index contributed by atoms with van der Waals surface area (Å²) in [5, 5.41) is 3.63. The first kappa shape index (κ1) is 32.2. The number of thiazole rings is 1. The van der Waals surface area contributed by atoms with Crippen LogP contribution in [0.2, 0.25) is 5.02 Å². The van der Waals surface area contributed by atoms with E-state index in [-0.39, 0.29) is 40.4 Å². The predicted molar refractivity (Wildman–Crippen MR) is 179 cm³/mol. The predicted octanol–water partition coefficient (Wildman–Crippen LogP) is 7.11. The number of halogens is 4. The van der Waals surface area contributed by atoms with Crippen molar-refractivity contribution in [1.82, 2.24) is 4.98 Å². The number of hydrogen-bond donors (Lipinski definition) is 2. The summed E-state index contributed by atoms with van der Waals surface area (Å²) >= 11 is 9.03. The number of aromatic nitrogens is 1. The summed E-state index contributed by atoms with van der Waals surface area (Å²) in [7, 11) is 0. The van der Waals surface area contributed by atoms with E-state index in [0.717, 1.165) is 32.7 Å². The zero-order chi connectivity index (χ0) is 34.4. The molecule has 2 saturated carbocycles. The van der Waals surface area contributed by atoms with E-state index >= 15 is 0 Å². The fourth-order valence-corrected chi connectivity index (χ4v) is 11.4. The van der Waals surface area contributed by atoms with E-state index in [9.17, 15) is 32.3 Å². The van der Waals surface area contributed by atoms with Crippen LogP contribution in [0.5, 0.6) is 5.75 Å². The first-order chi connectivity index (χ1) is 23.4. The van der Waals surface area contributed by atoms with Gasteiger partial charge in [0, 0.05) is 32.3 Å². The second-order valence-corrected chi connectivity index (χ2v) is 15.5. The Kier molecular flexibility index (Phi) is 7.72. The molecule has 8 nitrogen and oxygen atoms in total. The van der Waals surface area contributed by atoms with Crippen molar-refractivity contribution in [3.63, 3.8) is 0 Å². The van der Waals surface area contributed by atoms with Gasteiger partial charge in [-0.25, -0.2) is 4.90 Å². The normalized spacial score (nSPS) is 26.8. The van der Waals surface area contributed by atoms with Crippen LogP contribution in [0.3, 0.4) is 0 Å². The van der Waals surface area contributed by atoms with Gasteiger partial charge in [-0.05, 0) is 73.6 Å². The first-order valence-corrected chi connectivity index (χ1v) is 17.7. The van der Waals surface area contributed by atoms with E-state index < -0.39 is 47.0 Å². The van der Waals surface area contributed by atoms with Gasteiger partial charge in [0.1, 0.15) is 5.75 Å². The number of nitrogens with one attached hydrogen (secondary N) is 2. The molecule has 2 aliphatic heterocycles. The molecule has 4 aliphatic rings. The summed E-state index contributed by atoms with van der Waals surface area (Å²) in [6.45, 7) is 1.63. The lowest BCUT2D eigenvalue weighted by Crippen LogP contribution is -2.42. The Hall–Kier alpha value is -4.07. The number of aryl methyl sites for hydroxylation is 1. The molecule has 3 amide bonds. The van der Waals surface area contributed by atoms with Crippen LogP contribution >= 0.6 is 34.7 Å². The molecule has 0 spiro atoms. The van der Waals surface area contributed by atoms with Gasteiger partial charge < -0.3 is 15.0 Å². The molecule has 252 valence electrons. The van der Waals surface area contributed by atoms with Crippen molar-refractivity contribution >= 4 is 63.8 Å². The van der Waals surface area contributed by atoms with Crippen molar-refractivity contribution in [2.24, 2.45) is 29.6 Å². The molecule has 3 fully saturated rings. The molecule has 6 unspecified atom stereocenters. The molecule has 8 rings (SSSR count). The van der Waals surface area contributed by atoms with Crippen molar-refractivity contribution in [1.29, 1.82) is 0 Å². The SMILES string of the molecule is Cc1ccc(NC(=O)COc2ccc(Cl)cc2[C@H]2c3sc(=O)[nH]c3SC3C4CC(C5C(=O)N(c6ccccc6C(F)(F)F)C(=O)C45)C32)cc1. The third-order valence-electron chi connectivity index (χ3n) is 10.2. The number of anilines is 2. The maximum Gasteiger partial charge on any atom is 0.418 e. The number of aromatic amines is 1. The molecule has 0 radical (unpaired) electrons. The van der Waals surface area contributed by atoms with Gasteiger partial charge in [0.25, 0.3) is 5.91 Å². The van der Waals surface area contributed by atoms with Crippen molar-refractivity contribution in [2.75, 3.05) is 16.8 Å². The molecule has 7 atom stereocenters. The van der Waals surface area contributed by atoms with Crippen LogP contribution in [-0.2, 0) is 20.6 Å². The summed E-state index contributed by atoms with van der Waals surface area (Å²) in [4.78, 5) is 57.8. The highest BCUT2D eigenvalue weighted by atomic mass is 35.5. The summed E-state index contributed by atoms with van der Waals surface area (Å²) < 4.78 is 48.2. The van der Waals surface area contributed by atoms with E-state index in [0.29, 0.717) is 33.5 Å².